The van der Waals surface area contributed by atoms with E-state index >= 15 is 0 Å². The molecule has 0 saturated carbocycles. The van der Waals surface area contributed by atoms with Gasteiger partial charge in [-0.2, -0.15) is 5.10 Å². The number of likely N-dealkylation sites (N-methyl/N-ethyl adjacent to an activating group) is 1. The molecule has 108 valence electrons. The Bertz CT molecular complexity index is 577. The van der Waals surface area contributed by atoms with E-state index in [1.165, 1.54) is 4.88 Å². The number of thiazole rings is 1. The van der Waals surface area contributed by atoms with Gasteiger partial charge in [0.1, 0.15) is 0 Å². The van der Waals surface area contributed by atoms with Gasteiger partial charge in [0, 0.05) is 30.7 Å². The average Bonchev–Trinajstić information content (AvgIpc) is 2.96. The molecule has 0 bridgehead atoms. The number of nitrogens with zero attached hydrogens (tertiary/aromatic N) is 4. The largest absolute Gasteiger partial charge is 0.308 e. The Balaban J connectivity index is 1.75. The zero-order chi connectivity index (χ0) is 14.5. The van der Waals surface area contributed by atoms with Crippen LogP contribution in [0.4, 0.5) is 5.82 Å². The molecule has 2 aromatic heterocycles. The lowest BCUT2D eigenvalue weighted by Gasteiger charge is -2.15. The Morgan fingerprint density at radius 1 is 1.55 bits per heavy atom. The van der Waals surface area contributed by atoms with Crippen LogP contribution in [0.15, 0.2) is 17.8 Å². The number of carbonyl (C=O) groups excluding carboxylic acids is 1. The number of aromatic nitrogens is 3. The topological polar surface area (TPSA) is 63.1 Å². The number of amides is 1. The van der Waals surface area contributed by atoms with Crippen LogP contribution >= 0.6 is 11.3 Å². The number of aryl methyl sites for hydroxylation is 2. The average molecular weight is 293 g/mol. The van der Waals surface area contributed by atoms with Gasteiger partial charge < -0.3 is 5.32 Å². The fourth-order valence-electron chi connectivity index (χ4n) is 1.85. The SMILES string of the molecule is Cc1ncsc1CCN(C)CC(=O)Nc1ccn(C)n1. The van der Waals surface area contributed by atoms with E-state index in [0.717, 1.165) is 18.7 Å². The van der Waals surface area contributed by atoms with Crippen molar-refractivity contribution in [2.45, 2.75) is 13.3 Å². The Kier molecular flexibility index (Phi) is 4.86. The molecule has 2 heterocycles. The maximum Gasteiger partial charge on any atom is 0.239 e. The summed E-state index contributed by atoms with van der Waals surface area (Å²) in [6.07, 6.45) is 2.72. The van der Waals surface area contributed by atoms with Crippen molar-refractivity contribution in [3.8, 4) is 0 Å². The Morgan fingerprint density at radius 2 is 2.35 bits per heavy atom. The van der Waals surface area contributed by atoms with E-state index in [1.807, 2.05) is 31.4 Å². The van der Waals surface area contributed by atoms with Crippen molar-refractivity contribution in [3.05, 3.63) is 28.3 Å². The Morgan fingerprint density at radius 3 is 2.95 bits per heavy atom. The highest BCUT2D eigenvalue weighted by atomic mass is 32.1. The number of anilines is 1. The van der Waals surface area contributed by atoms with Gasteiger partial charge in [0.2, 0.25) is 5.91 Å². The minimum atomic E-state index is -0.0489. The summed E-state index contributed by atoms with van der Waals surface area (Å²) in [6, 6.07) is 1.78. The second-order valence-electron chi connectivity index (χ2n) is 4.77. The van der Waals surface area contributed by atoms with E-state index < -0.39 is 0 Å². The number of rotatable bonds is 6. The number of carbonyl (C=O) groups is 1. The van der Waals surface area contributed by atoms with E-state index in [1.54, 1.807) is 28.3 Å². The first-order valence-corrected chi connectivity index (χ1v) is 7.29. The van der Waals surface area contributed by atoms with Crippen molar-refractivity contribution in [2.75, 3.05) is 25.5 Å². The molecule has 0 fully saturated rings. The van der Waals surface area contributed by atoms with Crippen LogP contribution in [0.1, 0.15) is 10.6 Å². The predicted molar refractivity (Wildman–Crippen MR) is 79.9 cm³/mol. The van der Waals surface area contributed by atoms with Crippen molar-refractivity contribution in [1.29, 1.82) is 0 Å². The van der Waals surface area contributed by atoms with Crippen molar-refractivity contribution in [2.24, 2.45) is 7.05 Å². The van der Waals surface area contributed by atoms with Crippen LogP contribution in [0.25, 0.3) is 0 Å². The van der Waals surface area contributed by atoms with Crippen molar-refractivity contribution in [1.82, 2.24) is 19.7 Å². The molecule has 0 aliphatic rings. The molecule has 2 rings (SSSR count). The van der Waals surface area contributed by atoms with Crippen LogP contribution < -0.4 is 5.32 Å². The van der Waals surface area contributed by atoms with Gasteiger partial charge in [0.15, 0.2) is 5.82 Å². The first kappa shape index (κ1) is 14.7. The maximum absolute atomic E-state index is 11.8. The number of nitrogens with one attached hydrogen (secondary N) is 1. The third kappa shape index (κ3) is 4.14. The smallest absolute Gasteiger partial charge is 0.239 e. The van der Waals surface area contributed by atoms with Crippen LogP contribution in [0, 0.1) is 6.92 Å². The van der Waals surface area contributed by atoms with Gasteiger partial charge >= 0.3 is 0 Å². The Labute approximate surface area is 122 Å². The molecule has 2 aromatic rings. The summed E-state index contributed by atoms with van der Waals surface area (Å²) in [5.41, 5.74) is 2.94. The molecule has 0 aliphatic heterocycles. The monoisotopic (exact) mass is 293 g/mol. The lowest BCUT2D eigenvalue weighted by molar-refractivity contribution is -0.117. The summed E-state index contributed by atoms with van der Waals surface area (Å²) in [7, 11) is 3.76. The summed E-state index contributed by atoms with van der Waals surface area (Å²) >= 11 is 1.66. The lowest BCUT2D eigenvalue weighted by atomic mass is 10.3. The third-order valence-electron chi connectivity index (χ3n) is 2.96. The molecule has 0 atom stereocenters. The van der Waals surface area contributed by atoms with Gasteiger partial charge in [-0.1, -0.05) is 0 Å². The minimum Gasteiger partial charge on any atom is -0.308 e. The van der Waals surface area contributed by atoms with Crippen molar-refractivity contribution in [3.63, 3.8) is 0 Å². The van der Waals surface area contributed by atoms with Crippen molar-refractivity contribution < 1.29 is 4.79 Å². The molecule has 0 unspecified atom stereocenters. The normalized spacial score (nSPS) is 11.0. The highest BCUT2D eigenvalue weighted by Gasteiger charge is 2.09. The molecule has 7 heteroatoms. The van der Waals surface area contributed by atoms with E-state index in [9.17, 15) is 4.79 Å². The molecule has 0 aromatic carbocycles. The lowest BCUT2D eigenvalue weighted by Crippen LogP contribution is -2.31. The van der Waals surface area contributed by atoms with E-state index in [2.05, 4.69) is 15.4 Å². The molecule has 0 aliphatic carbocycles. The molecule has 0 spiro atoms. The molecule has 20 heavy (non-hydrogen) atoms. The molecule has 0 saturated heterocycles. The molecule has 6 nitrogen and oxygen atoms in total. The second-order valence-corrected chi connectivity index (χ2v) is 5.71. The fraction of sp³-hybridized carbons (Fsp3) is 0.462. The summed E-state index contributed by atoms with van der Waals surface area (Å²) in [5, 5.41) is 6.89. The number of hydrogen-bond donors (Lipinski definition) is 1. The zero-order valence-corrected chi connectivity index (χ0v) is 12.8. The van der Waals surface area contributed by atoms with Crippen LogP contribution in [-0.4, -0.2) is 45.7 Å². The van der Waals surface area contributed by atoms with Gasteiger partial charge in [-0.05, 0) is 20.4 Å². The quantitative estimate of drug-likeness (QED) is 0.872. The first-order chi connectivity index (χ1) is 9.54. The molecular formula is C13H19N5OS. The third-order valence-corrected chi connectivity index (χ3v) is 3.95. The van der Waals surface area contributed by atoms with Crippen LogP contribution in [-0.2, 0) is 18.3 Å². The summed E-state index contributed by atoms with van der Waals surface area (Å²) in [6.45, 7) is 3.20. The standard InChI is InChI=1S/C13H19N5OS/c1-10-11(20-9-14-10)4-6-17(2)8-13(19)15-12-5-7-18(3)16-12/h5,7,9H,4,6,8H2,1-3H3,(H,15,16,19). The molecule has 1 N–H and O–H groups in total. The highest BCUT2D eigenvalue weighted by molar-refractivity contribution is 7.09. The van der Waals surface area contributed by atoms with Crippen LogP contribution in [0.5, 0.6) is 0 Å². The molecular weight excluding hydrogens is 274 g/mol. The van der Waals surface area contributed by atoms with Gasteiger partial charge in [0.25, 0.3) is 0 Å². The van der Waals surface area contributed by atoms with Gasteiger partial charge in [-0.25, -0.2) is 4.98 Å². The van der Waals surface area contributed by atoms with Crippen LogP contribution in [0.2, 0.25) is 0 Å². The Hall–Kier alpha value is -1.73. The maximum atomic E-state index is 11.8. The highest BCUT2D eigenvalue weighted by Crippen LogP contribution is 2.12. The summed E-state index contributed by atoms with van der Waals surface area (Å²) < 4.78 is 1.66. The predicted octanol–water partition coefficient (Wildman–Crippen LogP) is 1.30. The second kappa shape index (κ2) is 6.62. The van der Waals surface area contributed by atoms with E-state index in [0.29, 0.717) is 12.4 Å². The minimum absolute atomic E-state index is 0.0489. The fourth-order valence-corrected chi connectivity index (χ4v) is 2.62. The van der Waals surface area contributed by atoms with Crippen molar-refractivity contribution >= 4 is 23.1 Å². The summed E-state index contributed by atoms with van der Waals surface area (Å²) in [4.78, 5) is 19.3. The van der Waals surface area contributed by atoms with Gasteiger partial charge in [0.05, 0.1) is 17.7 Å². The van der Waals surface area contributed by atoms with E-state index in [-0.39, 0.29) is 5.91 Å². The van der Waals surface area contributed by atoms with Gasteiger partial charge in [-0.3, -0.25) is 14.4 Å². The zero-order valence-electron chi connectivity index (χ0n) is 12.0. The molecule has 1 amide bonds. The summed E-state index contributed by atoms with van der Waals surface area (Å²) in [5.74, 6) is 0.538. The first-order valence-electron chi connectivity index (χ1n) is 6.41. The van der Waals surface area contributed by atoms with E-state index in [4.69, 9.17) is 0 Å². The molecule has 0 radical (unpaired) electrons. The van der Waals surface area contributed by atoms with Gasteiger partial charge in [-0.15, -0.1) is 11.3 Å². The number of hydrogen-bond acceptors (Lipinski definition) is 5. The van der Waals surface area contributed by atoms with Crippen LogP contribution in [0.3, 0.4) is 0 Å².